The molecule has 0 saturated heterocycles. The number of benzene rings is 1. The van der Waals surface area contributed by atoms with E-state index in [1.807, 2.05) is 0 Å². The molecular weight excluding hydrogens is 280 g/mol. The monoisotopic (exact) mass is 292 g/mol. The second-order valence-corrected chi connectivity index (χ2v) is 4.13. The lowest BCUT2D eigenvalue weighted by molar-refractivity contribution is 0.326. The average molecular weight is 293 g/mol. The van der Waals surface area contributed by atoms with E-state index in [1.54, 1.807) is 31.5 Å². The number of hydrogen-bond donors (Lipinski definition) is 0. The van der Waals surface area contributed by atoms with Crippen LogP contribution in [0.25, 0.3) is 0 Å². The number of halogens is 1. The first-order chi connectivity index (χ1) is 9.74. The Morgan fingerprint density at radius 2 is 2.15 bits per heavy atom. The molecule has 0 amide bonds. The molecular formula is C13H13ClN4O2. The lowest BCUT2D eigenvalue weighted by Crippen LogP contribution is -1.98. The Labute approximate surface area is 121 Å². The summed E-state index contributed by atoms with van der Waals surface area (Å²) in [6.45, 7) is 3.94. The van der Waals surface area contributed by atoms with Gasteiger partial charge in [0.1, 0.15) is 19.3 Å². The molecule has 0 aliphatic heterocycles. The van der Waals surface area contributed by atoms with Crippen molar-refractivity contribution in [2.45, 2.75) is 0 Å². The molecule has 104 valence electrons. The third kappa shape index (κ3) is 3.36. The molecule has 1 heterocycles. The van der Waals surface area contributed by atoms with E-state index in [0.717, 1.165) is 5.56 Å². The van der Waals surface area contributed by atoms with Gasteiger partial charge in [-0.2, -0.15) is 5.10 Å². The minimum atomic E-state index is 0.351. The van der Waals surface area contributed by atoms with Crippen LogP contribution in [0.1, 0.15) is 5.56 Å². The normalized spacial score (nSPS) is 10.7. The van der Waals surface area contributed by atoms with E-state index >= 15 is 0 Å². The van der Waals surface area contributed by atoms with Crippen molar-refractivity contribution in [2.24, 2.45) is 5.10 Å². The van der Waals surface area contributed by atoms with E-state index in [2.05, 4.69) is 21.9 Å². The molecule has 0 N–H and O–H groups in total. The second-order valence-electron chi connectivity index (χ2n) is 3.72. The summed E-state index contributed by atoms with van der Waals surface area (Å²) in [5.41, 5.74) is 0.770. The van der Waals surface area contributed by atoms with Crippen molar-refractivity contribution in [3.63, 3.8) is 0 Å². The molecule has 0 fully saturated rings. The fourth-order valence-corrected chi connectivity index (χ4v) is 1.76. The van der Waals surface area contributed by atoms with Crippen molar-refractivity contribution in [2.75, 3.05) is 13.7 Å². The highest BCUT2D eigenvalue weighted by Crippen LogP contribution is 2.36. The van der Waals surface area contributed by atoms with Crippen LogP contribution >= 0.6 is 11.6 Å². The predicted molar refractivity (Wildman–Crippen MR) is 76.7 cm³/mol. The first-order valence-electron chi connectivity index (χ1n) is 5.75. The van der Waals surface area contributed by atoms with Crippen molar-refractivity contribution < 1.29 is 9.47 Å². The van der Waals surface area contributed by atoms with Gasteiger partial charge in [-0.3, -0.25) is 0 Å². The standard InChI is InChI=1S/C13H13ClN4O2/c1-3-4-20-13-11(14)5-10(6-12(13)19-2)7-17-18-8-15-16-9-18/h3,5-9H,1,4H2,2H3/b17-7+. The van der Waals surface area contributed by atoms with E-state index in [1.165, 1.54) is 17.3 Å². The van der Waals surface area contributed by atoms with Crippen molar-refractivity contribution in [1.82, 2.24) is 14.9 Å². The third-order valence-electron chi connectivity index (χ3n) is 2.34. The largest absolute Gasteiger partial charge is 0.493 e. The Bertz CT molecular complexity index is 611. The van der Waals surface area contributed by atoms with Gasteiger partial charge in [-0.05, 0) is 17.7 Å². The number of methoxy groups -OCH3 is 1. The number of rotatable bonds is 6. The minimum Gasteiger partial charge on any atom is -0.493 e. The molecule has 1 aromatic carbocycles. The summed E-state index contributed by atoms with van der Waals surface area (Å²) in [6.07, 6.45) is 6.22. The smallest absolute Gasteiger partial charge is 0.180 e. The minimum absolute atomic E-state index is 0.351. The van der Waals surface area contributed by atoms with E-state index in [9.17, 15) is 0 Å². The SMILES string of the molecule is C=CCOc1c(Cl)cc(/C=N/n2cnnc2)cc1OC. The molecule has 1 aromatic heterocycles. The zero-order chi connectivity index (χ0) is 14.4. The summed E-state index contributed by atoms with van der Waals surface area (Å²) in [5, 5.41) is 11.9. The Morgan fingerprint density at radius 3 is 2.80 bits per heavy atom. The van der Waals surface area contributed by atoms with Gasteiger partial charge < -0.3 is 9.47 Å². The molecule has 0 spiro atoms. The van der Waals surface area contributed by atoms with E-state index in [0.29, 0.717) is 23.1 Å². The van der Waals surface area contributed by atoms with Gasteiger partial charge in [0, 0.05) is 0 Å². The Hall–Kier alpha value is -2.34. The van der Waals surface area contributed by atoms with E-state index < -0.39 is 0 Å². The number of aromatic nitrogens is 3. The van der Waals surface area contributed by atoms with Crippen LogP contribution in [0.15, 0.2) is 42.5 Å². The molecule has 0 unspecified atom stereocenters. The molecule has 0 radical (unpaired) electrons. The van der Waals surface area contributed by atoms with Crippen molar-refractivity contribution in [1.29, 1.82) is 0 Å². The van der Waals surface area contributed by atoms with Crippen LogP contribution in [-0.4, -0.2) is 34.8 Å². The Kier molecular flexibility index (Phi) is 4.73. The molecule has 2 rings (SSSR count). The van der Waals surface area contributed by atoms with Crippen molar-refractivity contribution in [3.05, 3.63) is 48.0 Å². The van der Waals surface area contributed by atoms with Gasteiger partial charge >= 0.3 is 0 Å². The van der Waals surface area contributed by atoms with Gasteiger partial charge in [0.05, 0.1) is 18.3 Å². The van der Waals surface area contributed by atoms with Gasteiger partial charge in [-0.1, -0.05) is 24.3 Å². The van der Waals surface area contributed by atoms with Gasteiger partial charge in [0.15, 0.2) is 11.5 Å². The zero-order valence-corrected chi connectivity index (χ0v) is 11.6. The fourth-order valence-electron chi connectivity index (χ4n) is 1.48. The summed E-state index contributed by atoms with van der Waals surface area (Å²) in [7, 11) is 1.55. The van der Waals surface area contributed by atoms with Crippen LogP contribution in [-0.2, 0) is 0 Å². The molecule has 0 atom stereocenters. The Morgan fingerprint density at radius 1 is 1.40 bits per heavy atom. The van der Waals surface area contributed by atoms with Crippen LogP contribution < -0.4 is 9.47 Å². The van der Waals surface area contributed by atoms with Gasteiger partial charge in [0.2, 0.25) is 0 Å². The average Bonchev–Trinajstić information content (AvgIpc) is 2.96. The molecule has 7 heteroatoms. The summed E-state index contributed by atoms with van der Waals surface area (Å²) >= 11 is 6.18. The number of ether oxygens (including phenoxy) is 2. The van der Waals surface area contributed by atoms with Crippen LogP contribution in [0.4, 0.5) is 0 Å². The molecule has 0 bridgehead atoms. The highest BCUT2D eigenvalue weighted by Gasteiger charge is 2.10. The van der Waals surface area contributed by atoms with Crippen LogP contribution in [0.3, 0.4) is 0 Å². The highest BCUT2D eigenvalue weighted by atomic mass is 35.5. The molecule has 0 saturated carbocycles. The summed E-state index contributed by atoms with van der Waals surface area (Å²) in [5.74, 6) is 1.01. The quantitative estimate of drug-likeness (QED) is 0.606. The predicted octanol–water partition coefficient (Wildman–Crippen LogP) is 2.39. The fraction of sp³-hybridized carbons (Fsp3) is 0.154. The van der Waals surface area contributed by atoms with Crippen LogP contribution in [0.5, 0.6) is 11.5 Å². The number of nitrogens with zero attached hydrogens (tertiary/aromatic N) is 4. The molecule has 0 aliphatic rings. The summed E-state index contributed by atoms with van der Waals surface area (Å²) < 4.78 is 12.2. The summed E-state index contributed by atoms with van der Waals surface area (Å²) in [4.78, 5) is 0. The van der Waals surface area contributed by atoms with Gasteiger partial charge in [0.25, 0.3) is 0 Å². The third-order valence-corrected chi connectivity index (χ3v) is 2.62. The molecule has 2 aromatic rings. The van der Waals surface area contributed by atoms with Crippen LogP contribution in [0, 0.1) is 0 Å². The van der Waals surface area contributed by atoms with Crippen molar-refractivity contribution >= 4 is 17.8 Å². The highest BCUT2D eigenvalue weighted by molar-refractivity contribution is 6.32. The topological polar surface area (TPSA) is 61.5 Å². The molecule has 20 heavy (non-hydrogen) atoms. The maximum absolute atomic E-state index is 6.18. The zero-order valence-electron chi connectivity index (χ0n) is 10.9. The Balaban J connectivity index is 2.27. The lowest BCUT2D eigenvalue weighted by atomic mass is 10.2. The van der Waals surface area contributed by atoms with E-state index in [4.69, 9.17) is 21.1 Å². The first-order valence-corrected chi connectivity index (χ1v) is 6.12. The maximum Gasteiger partial charge on any atom is 0.180 e. The van der Waals surface area contributed by atoms with Gasteiger partial charge in [-0.15, -0.1) is 10.2 Å². The summed E-state index contributed by atoms with van der Waals surface area (Å²) in [6, 6.07) is 3.51. The maximum atomic E-state index is 6.18. The second kappa shape index (κ2) is 6.72. The van der Waals surface area contributed by atoms with E-state index in [-0.39, 0.29) is 0 Å². The molecule has 6 nitrogen and oxygen atoms in total. The first kappa shape index (κ1) is 14.1. The lowest BCUT2D eigenvalue weighted by Gasteiger charge is -2.11. The number of hydrogen-bond acceptors (Lipinski definition) is 5. The molecule has 0 aliphatic carbocycles. The van der Waals surface area contributed by atoms with Gasteiger partial charge in [-0.25, -0.2) is 4.68 Å². The van der Waals surface area contributed by atoms with Crippen LogP contribution in [0.2, 0.25) is 5.02 Å². The van der Waals surface area contributed by atoms with Crippen molar-refractivity contribution in [3.8, 4) is 11.5 Å².